The minimum Gasteiger partial charge on any atom is -0.465 e. The lowest BCUT2D eigenvalue weighted by Crippen LogP contribution is -2.41. The molecule has 2 aromatic carbocycles. The number of nitrogens with two attached hydrogens (primary N) is 1. The number of rotatable bonds is 4. The van der Waals surface area contributed by atoms with E-state index >= 15 is 0 Å². The van der Waals surface area contributed by atoms with Crippen LogP contribution >= 0.6 is 0 Å². The zero-order valence-corrected chi connectivity index (χ0v) is 15.2. The predicted molar refractivity (Wildman–Crippen MR) is 106 cm³/mol. The van der Waals surface area contributed by atoms with Gasteiger partial charge in [0.05, 0.1) is 17.1 Å². The molecule has 140 valence electrons. The Morgan fingerprint density at radius 1 is 1.11 bits per heavy atom. The highest BCUT2D eigenvalue weighted by molar-refractivity contribution is 5.81. The van der Waals surface area contributed by atoms with Gasteiger partial charge in [-0.05, 0) is 30.9 Å². The van der Waals surface area contributed by atoms with Crippen molar-refractivity contribution in [3.8, 4) is 11.4 Å². The molecule has 1 amide bonds. The van der Waals surface area contributed by atoms with Crippen molar-refractivity contribution in [3.63, 3.8) is 0 Å². The molecule has 1 unspecified atom stereocenters. The number of benzene rings is 2. The molecule has 0 aliphatic carbocycles. The van der Waals surface area contributed by atoms with E-state index in [4.69, 9.17) is 10.7 Å². The summed E-state index contributed by atoms with van der Waals surface area (Å²) >= 11 is 0. The number of likely N-dealkylation sites (tertiary alicyclic amines) is 1. The second kappa shape index (κ2) is 7.40. The molecule has 1 saturated heterocycles. The molecule has 3 N–H and O–H groups in total. The number of hydrogen-bond donors (Lipinski definition) is 2. The molecule has 0 spiro atoms. The van der Waals surface area contributed by atoms with Gasteiger partial charge in [0.2, 0.25) is 0 Å². The minimum atomic E-state index is -0.837. The van der Waals surface area contributed by atoms with Crippen LogP contribution in [0.4, 0.5) is 4.79 Å². The molecule has 6 heteroatoms. The largest absolute Gasteiger partial charge is 0.465 e. The van der Waals surface area contributed by atoms with E-state index in [0.717, 1.165) is 35.3 Å². The number of fused-ring (bicyclic) bond motifs is 1. The summed E-state index contributed by atoms with van der Waals surface area (Å²) < 4.78 is 2.27. The fraction of sp³-hybridized carbons (Fsp3) is 0.333. The maximum absolute atomic E-state index is 11.2. The Morgan fingerprint density at radius 2 is 1.78 bits per heavy atom. The fourth-order valence-corrected chi connectivity index (χ4v) is 4.16. The molecule has 2 heterocycles. The number of carboxylic acid groups (broad SMARTS) is 1. The molecule has 1 aliphatic rings. The summed E-state index contributed by atoms with van der Waals surface area (Å²) in [5, 5.41) is 9.22. The smallest absolute Gasteiger partial charge is 0.407 e. The quantitative estimate of drug-likeness (QED) is 0.741. The summed E-state index contributed by atoms with van der Waals surface area (Å²) in [6.07, 6.45) is 0.792. The van der Waals surface area contributed by atoms with E-state index in [1.54, 1.807) is 0 Å². The van der Waals surface area contributed by atoms with Crippen LogP contribution in [0.15, 0.2) is 54.6 Å². The Kier molecular flexibility index (Phi) is 4.81. The molecule has 1 aliphatic heterocycles. The van der Waals surface area contributed by atoms with Crippen molar-refractivity contribution >= 4 is 17.1 Å². The first-order valence-electron chi connectivity index (χ1n) is 9.39. The Hall–Kier alpha value is -2.86. The normalized spacial score (nSPS) is 16.6. The highest BCUT2D eigenvalue weighted by Crippen LogP contribution is 2.35. The maximum Gasteiger partial charge on any atom is 0.407 e. The van der Waals surface area contributed by atoms with Crippen LogP contribution in [0.2, 0.25) is 0 Å². The third-order valence-electron chi connectivity index (χ3n) is 5.56. The molecular formula is C21H24N4O2. The molecule has 6 nitrogen and oxygen atoms in total. The van der Waals surface area contributed by atoms with E-state index in [1.165, 1.54) is 4.90 Å². The first-order valence-corrected chi connectivity index (χ1v) is 9.39. The molecule has 0 saturated carbocycles. The van der Waals surface area contributed by atoms with Crippen molar-refractivity contribution < 1.29 is 9.90 Å². The van der Waals surface area contributed by atoms with Gasteiger partial charge in [0.15, 0.2) is 0 Å². The van der Waals surface area contributed by atoms with E-state index in [1.807, 2.05) is 36.4 Å². The third-order valence-corrected chi connectivity index (χ3v) is 5.56. The van der Waals surface area contributed by atoms with Crippen LogP contribution in [0.25, 0.3) is 22.4 Å². The molecule has 3 aromatic rings. The molecule has 0 bridgehead atoms. The van der Waals surface area contributed by atoms with Crippen molar-refractivity contribution in [2.75, 3.05) is 19.6 Å². The van der Waals surface area contributed by atoms with Gasteiger partial charge in [0.25, 0.3) is 0 Å². The van der Waals surface area contributed by atoms with Crippen molar-refractivity contribution in [2.45, 2.75) is 18.9 Å². The summed E-state index contributed by atoms with van der Waals surface area (Å²) in [5.74, 6) is 1.25. The van der Waals surface area contributed by atoms with Crippen LogP contribution in [0.1, 0.15) is 18.9 Å². The standard InChI is InChI=1S/C21H24N4O2/c22-14-19(15-10-12-24(13-11-15)21(26)27)25-18-9-5-4-8-17(18)23-20(25)16-6-2-1-3-7-16/h1-9,15,19H,10-14,22H2,(H,26,27). The highest BCUT2D eigenvalue weighted by atomic mass is 16.4. The van der Waals surface area contributed by atoms with E-state index < -0.39 is 6.09 Å². The Bertz CT molecular complexity index is 930. The Labute approximate surface area is 158 Å². The lowest BCUT2D eigenvalue weighted by Gasteiger charge is -2.35. The summed E-state index contributed by atoms with van der Waals surface area (Å²) in [4.78, 5) is 17.6. The van der Waals surface area contributed by atoms with Crippen LogP contribution in [-0.4, -0.2) is 45.3 Å². The van der Waals surface area contributed by atoms with Gasteiger partial charge < -0.3 is 20.3 Å². The third kappa shape index (κ3) is 3.28. The number of nitrogens with zero attached hydrogens (tertiary/aromatic N) is 3. The zero-order chi connectivity index (χ0) is 18.8. The minimum absolute atomic E-state index is 0.0866. The van der Waals surface area contributed by atoms with Crippen LogP contribution in [0, 0.1) is 5.92 Å². The number of imidazole rings is 1. The summed E-state index contributed by atoms with van der Waals surface area (Å²) in [6, 6.07) is 18.4. The number of carbonyl (C=O) groups is 1. The zero-order valence-electron chi connectivity index (χ0n) is 15.2. The second-order valence-corrected chi connectivity index (χ2v) is 7.07. The monoisotopic (exact) mass is 364 g/mol. The van der Waals surface area contributed by atoms with Gasteiger partial charge in [0, 0.05) is 25.2 Å². The van der Waals surface area contributed by atoms with E-state index in [-0.39, 0.29) is 6.04 Å². The molecule has 4 rings (SSSR count). The van der Waals surface area contributed by atoms with E-state index in [2.05, 4.69) is 22.8 Å². The molecule has 1 fully saturated rings. The first-order chi connectivity index (χ1) is 13.2. The number of amides is 1. The SMILES string of the molecule is NCC(C1CCN(C(=O)O)CC1)n1c(-c2ccccc2)nc2ccccc21. The predicted octanol–water partition coefficient (Wildman–Crippen LogP) is 3.59. The van der Waals surface area contributed by atoms with Crippen LogP contribution in [0.3, 0.4) is 0 Å². The van der Waals surface area contributed by atoms with Gasteiger partial charge in [0.1, 0.15) is 5.82 Å². The maximum atomic E-state index is 11.2. The number of aromatic nitrogens is 2. The average Bonchev–Trinajstić information content (AvgIpc) is 3.09. The lowest BCUT2D eigenvalue weighted by atomic mass is 9.89. The van der Waals surface area contributed by atoms with Gasteiger partial charge in [-0.25, -0.2) is 9.78 Å². The first kappa shape index (κ1) is 17.5. The number of piperidine rings is 1. The van der Waals surface area contributed by atoms with Gasteiger partial charge in [-0.1, -0.05) is 42.5 Å². The summed E-state index contributed by atoms with van der Waals surface area (Å²) in [7, 11) is 0. The van der Waals surface area contributed by atoms with Crippen molar-refractivity contribution in [2.24, 2.45) is 11.7 Å². The van der Waals surface area contributed by atoms with Crippen molar-refractivity contribution in [1.82, 2.24) is 14.5 Å². The Balaban J connectivity index is 1.76. The van der Waals surface area contributed by atoms with Gasteiger partial charge in [-0.15, -0.1) is 0 Å². The second-order valence-electron chi connectivity index (χ2n) is 7.07. The molecule has 1 atom stereocenters. The summed E-state index contributed by atoms with van der Waals surface area (Å²) in [5.41, 5.74) is 9.35. The van der Waals surface area contributed by atoms with Crippen LogP contribution < -0.4 is 5.73 Å². The average molecular weight is 364 g/mol. The fourth-order valence-electron chi connectivity index (χ4n) is 4.16. The van der Waals surface area contributed by atoms with Gasteiger partial charge in [-0.3, -0.25) is 0 Å². The van der Waals surface area contributed by atoms with E-state index in [0.29, 0.717) is 25.6 Å². The van der Waals surface area contributed by atoms with E-state index in [9.17, 15) is 9.90 Å². The highest BCUT2D eigenvalue weighted by Gasteiger charge is 2.31. The Morgan fingerprint density at radius 3 is 2.44 bits per heavy atom. The molecule has 0 radical (unpaired) electrons. The molecule has 27 heavy (non-hydrogen) atoms. The van der Waals surface area contributed by atoms with Crippen molar-refractivity contribution in [3.05, 3.63) is 54.6 Å². The van der Waals surface area contributed by atoms with Gasteiger partial charge >= 0.3 is 6.09 Å². The molecule has 1 aromatic heterocycles. The van der Waals surface area contributed by atoms with Gasteiger partial charge in [-0.2, -0.15) is 0 Å². The number of para-hydroxylation sites is 2. The molecular weight excluding hydrogens is 340 g/mol. The van der Waals surface area contributed by atoms with Crippen LogP contribution in [0.5, 0.6) is 0 Å². The topological polar surface area (TPSA) is 84.4 Å². The van der Waals surface area contributed by atoms with Crippen molar-refractivity contribution in [1.29, 1.82) is 0 Å². The summed E-state index contributed by atoms with van der Waals surface area (Å²) in [6.45, 7) is 1.62. The van der Waals surface area contributed by atoms with Crippen LogP contribution in [-0.2, 0) is 0 Å². The lowest BCUT2D eigenvalue weighted by molar-refractivity contribution is 0.115. The number of hydrogen-bond acceptors (Lipinski definition) is 3.